The molecule has 0 radical (unpaired) electrons. The van der Waals surface area contributed by atoms with Crippen LogP contribution in [0.5, 0.6) is 0 Å². The van der Waals surface area contributed by atoms with Gasteiger partial charge in [0.1, 0.15) is 0 Å². The van der Waals surface area contributed by atoms with Crippen molar-refractivity contribution in [1.82, 2.24) is 0 Å². The third-order valence-corrected chi connectivity index (χ3v) is 4.68. The topological polar surface area (TPSA) is 78.9 Å². The molecule has 0 amide bonds. The fourth-order valence-electron chi connectivity index (χ4n) is 2.71. The zero-order chi connectivity index (χ0) is 24.3. The largest absolute Gasteiger partial charge is 0.431 e. The second-order valence-electron chi connectivity index (χ2n) is 7.52. The number of benzene rings is 1. The average molecular weight is 457 g/mol. The van der Waals surface area contributed by atoms with Gasteiger partial charge in [0.2, 0.25) is 0 Å². The summed E-state index contributed by atoms with van der Waals surface area (Å²) in [6.45, 7) is 6.22. The molecule has 33 heavy (non-hydrogen) atoms. The normalized spacial score (nSPS) is 11.4. The maximum absolute atomic E-state index is 12.7. The Kier molecular flexibility index (Phi) is 14.7. The minimum atomic E-state index is -0.752. The van der Waals surface area contributed by atoms with Crippen molar-refractivity contribution in [3.05, 3.63) is 71.9 Å². The molecular weight excluding hydrogens is 420 g/mol. The van der Waals surface area contributed by atoms with Crippen molar-refractivity contribution in [2.45, 2.75) is 78.6 Å². The maximum Gasteiger partial charge on any atom is 0.343 e. The van der Waals surface area contributed by atoms with Crippen molar-refractivity contribution >= 4 is 17.9 Å². The van der Waals surface area contributed by atoms with Gasteiger partial charge in [-0.25, -0.2) is 14.4 Å². The fourth-order valence-corrected chi connectivity index (χ4v) is 2.71. The molecule has 1 rings (SSSR count). The second kappa shape index (κ2) is 17.4. The highest BCUT2D eigenvalue weighted by Crippen LogP contribution is 2.17. The molecule has 0 aliphatic rings. The van der Waals surface area contributed by atoms with Gasteiger partial charge in [0.15, 0.2) is 0 Å². The molecule has 0 atom stereocenters. The highest BCUT2D eigenvalue weighted by atomic mass is 16.5. The van der Waals surface area contributed by atoms with Crippen molar-refractivity contribution in [1.29, 1.82) is 0 Å². The van der Waals surface area contributed by atoms with E-state index in [9.17, 15) is 14.4 Å². The Hall–Kier alpha value is -3.15. The summed E-state index contributed by atoms with van der Waals surface area (Å²) in [5, 5.41) is 0. The van der Waals surface area contributed by atoms with Gasteiger partial charge in [0, 0.05) is 0 Å². The molecule has 0 saturated carbocycles. The summed E-state index contributed by atoms with van der Waals surface area (Å²) < 4.78 is 15.4. The molecule has 1 aromatic rings. The quantitative estimate of drug-likeness (QED) is 0.119. The minimum absolute atomic E-state index is 0.0112. The van der Waals surface area contributed by atoms with Crippen LogP contribution in [0.15, 0.2) is 55.2 Å². The lowest BCUT2D eigenvalue weighted by molar-refractivity contribution is 0.0615. The van der Waals surface area contributed by atoms with Gasteiger partial charge < -0.3 is 14.2 Å². The predicted octanol–water partition coefficient (Wildman–Crippen LogP) is 7.27. The number of allylic oxidation sites excluding steroid dienone is 3. The van der Waals surface area contributed by atoms with Crippen LogP contribution in [0.3, 0.4) is 0 Å². The standard InChI is InChI=1S/C27H36O6/c1-4-7-10-13-18-31-25(28)22-16-17-23(26(29)32-19-14-11-8-5-2)24(21-22)27(30)33-20-15-12-9-6-3/h13-21H,4-12H2,1-3H3. The van der Waals surface area contributed by atoms with E-state index in [1.54, 1.807) is 18.2 Å². The molecule has 0 bridgehead atoms. The van der Waals surface area contributed by atoms with Gasteiger partial charge in [0.05, 0.1) is 35.5 Å². The molecule has 1 aromatic carbocycles. The summed E-state index contributed by atoms with van der Waals surface area (Å²) in [4.78, 5) is 37.6. The Morgan fingerprint density at radius 1 is 0.636 bits per heavy atom. The van der Waals surface area contributed by atoms with E-state index in [1.807, 2.05) is 0 Å². The Bertz CT molecular complexity index is 835. The summed E-state index contributed by atoms with van der Waals surface area (Å²) in [6.07, 6.45) is 17.7. The first kappa shape index (κ1) is 27.9. The Balaban J connectivity index is 3.01. The van der Waals surface area contributed by atoms with Crippen LogP contribution < -0.4 is 0 Å². The van der Waals surface area contributed by atoms with Crippen LogP contribution in [-0.4, -0.2) is 17.9 Å². The first-order chi connectivity index (χ1) is 16.0. The number of rotatable bonds is 15. The molecule has 0 unspecified atom stereocenters. The van der Waals surface area contributed by atoms with E-state index >= 15 is 0 Å². The SMILES string of the molecule is CCCCC=COC(=O)c1ccc(C(=O)OC=CCCCC)c(C(=O)OC=CCCCC)c1. The van der Waals surface area contributed by atoms with Crippen LogP contribution in [0, 0.1) is 0 Å². The highest BCUT2D eigenvalue weighted by molar-refractivity contribution is 6.05. The Labute approximate surface area is 197 Å². The van der Waals surface area contributed by atoms with E-state index in [0.717, 1.165) is 57.8 Å². The molecule has 0 heterocycles. The van der Waals surface area contributed by atoms with Crippen molar-refractivity contribution in [2.75, 3.05) is 0 Å². The lowest BCUT2D eigenvalue weighted by Crippen LogP contribution is -2.13. The Morgan fingerprint density at radius 2 is 1.06 bits per heavy atom. The van der Waals surface area contributed by atoms with E-state index in [2.05, 4.69) is 20.8 Å². The predicted molar refractivity (Wildman–Crippen MR) is 129 cm³/mol. The molecule has 0 saturated heterocycles. The lowest BCUT2D eigenvalue weighted by Gasteiger charge is -2.08. The number of hydrogen-bond acceptors (Lipinski definition) is 6. The Morgan fingerprint density at radius 3 is 1.52 bits per heavy atom. The number of unbranched alkanes of at least 4 members (excludes halogenated alkanes) is 6. The highest BCUT2D eigenvalue weighted by Gasteiger charge is 2.21. The first-order valence-electron chi connectivity index (χ1n) is 11.8. The van der Waals surface area contributed by atoms with Crippen LogP contribution in [0.2, 0.25) is 0 Å². The van der Waals surface area contributed by atoms with E-state index in [-0.39, 0.29) is 16.7 Å². The van der Waals surface area contributed by atoms with Crippen LogP contribution in [-0.2, 0) is 14.2 Å². The van der Waals surface area contributed by atoms with Gasteiger partial charge in [-0.15, -0.1) is 0 Å². The average Bonchev–Trinajstić information content (AvgIpc) is 2.82. The van der Waals surface area contributed by atoms with Crippen LogP contribution in [0.4, 0.5) is 0 Å². The molecule has 0 aromatic heterocycles. The van der Waals surface area contributed by atoms with Crippen molar-refractivity contribution in [2.24, 2.45) is 0 Å². The van der Waals surface area contributed by atoms with E-state index in [1.165, 1.54) is 37.0 Å². The minimum Gasteiger partial charge on any atom is -0.431 e. The van der Waals surface area contributed by atoms with Gasteiger partial charge in [-0.1, -0.05) is 40.0 Å². The van der Waals surface area contributed by atoms with Crippen molar-refractivity contribution in [3.8, 4) is 0 Å². The van der Waals surface area contributed by atoms with Gasteiger partial charge >= 0.3 is 17.9 Å². The zero-order valence-electron chi connectivity index (χ0n) is 20.0. The van der Waals surface area contributed by atoms with Crippen molar-refractivity contribution < 1.29 is 28.6 Å². The summed E-state index contributed by atoms with van der Waals surface area (Å²) in [6, 6.07) is 4.09. The smallest absolute Gasteiger partial charge is 0.343 e. The van der Waals surface area contributed by atoms with Gasteiger partial charge in [-0.2, -0.15) is 0 Å². The zero-order valence-corrected chi connectivity index (χ0v) is 20.0. The molecular formula is C27H36O6. The second-order valence-corrected chi connectivity index (χ2v) is 7.52. The van der Waals surface area contributed by atoms with Crippen LogP contribution >= 0.6 is 0 Å². The lowest BCUT2D eigenvalue weighted by atomic mass is 10.0. The molecule has 0 N–H and O–H groups in total. The molecule has 0 fully saturated rings. The molecule has 0 aliphatic heterocycles. The fraction of sp³-hybridized carbons (Fsp3) is 0.444. The van der Waals surface area contributed by atoms with Gasteiger partial charge in [0.25, 0.3) is 0 Å². The van der Waals surface area contributed by atoms with E-state index in [0.29, 0.717) is 0 Å². The summed E-state index contributed by atoms with van der Waals surface area (Å²) in [5.74, 6) is -2.09. The summed E-state index contributed by atoms with van der Waals surface area (Å²) in [5.41, 5.74) is 0.0794. The van der Waals surface area contributed by atoms with Crippen LogP contribution in [0.1, 0.15) is 110 Å². The number of carbonyl (C=O) groups is 3. The van der Waals surface area contributed by atoms with Crippen LogP contribution in [0.25, 0.3) is 0 Å². The third kappa shape index (κ3) is 11.3. The number of carbonyl (C=O) groups excluding carboxylic acids is 3. The molecule has 6 heteroatoms. The van der Waals surface area contributed by atoms with Crippen molar-refractivity contribution in [3.63, 3.8) is 0 Å². The molecule has 180 valence electrons. The summed E-state index contributed by atoms with van der Waals surface area (Å²) >= 11 is 0. The molecule has 0 spiro atoms. The molecule has 0 aliphatic carbocycles. The summed E-state index contributed by atoms with van der Waals surface area (Å²) in [7, 11) is 0. The third-order valence-electron chi connectivity index (χ3n) is 4.68. The monoisotopic (exact) mass is 456 g/mol. The van der Waals surface area contributed by atoms with Gasteiger partial charge in [-0.05, 0) is 75.0 Å². The molecule has 6 nitrogen and oxygen atoms in total. The number of hydrogen-bond donors (Lipinski definition) is 0. The first-order valence-corrected chi connectivity index (χ1v) is 11.8. The van der Waals surface area contributed by atoms with E-state index in [4.69, 9.17) is 14.2 Å². The maximum atomic E-state index is 12.7. The van der Waals surface area contributed by atoms with Gasteiger partial charge in [-0.3, -0.25) is 0 Å². The number of ether oxygens (including phenoxy) is 3. The number of esters is 3. The van der Waals surface area contributed by atoms with E-state index < -0.39 is 17.9 Å².